The quantitative estimate of drug-likeness (QED) is 0.126. The van der Waals surface area contributed by atoms with Crippen LogP contribution in [-0.2, 0) is 0 Å². The minimum atomic E-state index is 0.170. The summed E-state index contributed by atoms with van der Waals surface area (Å²) in [7, 11) is 0. The Hall–Kier alpha value is -6.70. The van der Waals surface area contributed by atoms with Gasteiger partial charge in [-0.1, -0.05) is 204 Å². The van der Waals surface area contributed by atoms with Crippen LogP contribution in [0.1, 0.15) is 0 Å². The van der Waals surface area contributed by atoms with Gasteiger partial charge in [0.2, 0.25) is 6.71 Å². The van der Waals surface area contributed by atoms with Crippen LogP contribution in [0.5, 0.6) is 0 Å². The third-order valence-electron chi connectivity index (χ3n) is 11.5. The van der Waals surface area contributed by atoms with Crippen molar-refractivity contribution in [1.29, 1.82) is 0 Å². The van der Waals surface area contributed by atoms with Crippen LogP contribution >= 0.6 is 0 Å². The molecule has 0 spiro atoms. The highest BCUT2D eigenvalue weighted by Crippen LogP contribution is 2.48. The SMILES string of the molecule is c1ccc(B2c3ccccc3-c3cc4ccc5c(-c6ccccc6-c6ccccc6)cc(-c6ccccc6-c6ccccc6)c6ccc(c32)c4c56)cc1. The average molecular weight is 669 g/mol. The van der Waals surface area contributed by atoms with Gasteiger partial charge in [-0.3, -0.25) is 0 Å². The molecule has 1 aliphatic heterocycles. The zero-order valence-electron chi connectivity index (χ0n) is 29.1. The minimum Gasteiger partial charge on any atom is -0.0686 e. The van der Waals surface area contributed by atoms with E-state index in [1.165, 1.54) is 104 Å². The first-order valence-electron chi connectivity index (χ1n) is 18.6. The highest BCUT2D eigenvalue weighted by molar-refractivity contribution is 7.00. The van der Waals surface area contributed by atoms with Crippen LogP contribution in [0, 0.1) is 0 Å². The topological polar surface area (TPSA) is 0 Å². The Morgan fingerprint density at radius 3 is 1.36 bits per heavy atom. The maximum absolute atomic E-state index is 2.47. The highest BCUT2D eigenvalue weighted by atomic mass is 14.3. The molecule has 1 heterocycles. The molecule has 0 fully saturated rings. The summed E-state index contributed by atoms with van der Waals surface area (Å²) in [5, 5.41) is 7.89. The van der Waals surface area contributed by atoms with Gasteiger partial charge in [-0.25, -0.2) is 0 Å². The van der Waals surface area contributed by atoms with Crippen molar-refractivity contribution in [2.24, 2.45) is 0 Å². The Balaban J connectivity index is 1.29. The molecule has 0 saturated carbocycles. The predicted octanol–water partition coefficient (Wildman–Crippen LogP) is 11.7. The van der Waals surface area contributed by atoms with Crippen LogP contribution in [0.25, 0.3) is 88.0 Å². The smallest absolute Gasteiger partial charge is 0.0686 e. The predicted molar refractivity (Wildman–Crippen MR) is 228 cm³/mol. The lowest BCUT2D eigenvalue weighted by atomic mass is 9.38. The Bertz CT molecular complexity index is 2880. The van der Waals surface area contributed by atoms with E-state index in [0.717, 1.165) is 0 Å². The van der Waals surface area contributed by atoms with Gasteiger partial charge in [-0.2, -0.15) is 0 Å². The van der Waals surface area contributed by atoms with E-state index in [9.17, 15) is 0 Å². The van der Waals surface area contributed by atoms with Crippen LogP contribution in [0.15, 0.2) is 200 Å². The molecule has 0 unspecified atom stereocenters. The second-order valence-corrected chi connectivity index (χ2v) is 14.3. The number of fused-ring (bicyclic) bond motifs is 4. The molecule has 0 atom stereocenters. The third kappa shape index (κ3) is 4.57. The van der Waals surface area contributed by atoms with Crippen molar-refractivity contribution in [2.75, 3.05) is 0 Å². The summed E-state index contributed by atoms with van der Waals surface area (Å²) in [6.45, 7) is 0.170. The zero-order chi connectivity index (χ0) is 34.9. The van der Waals surface area contributed by atoms with Crippen molar-refractivity contribution in [3.05, 3.63) is 200 Å². The van der Waals surface area contributed by atoms with E-state index >= 15 is 0 Å². The second kappa shape index (κ2) is 11.9. The van der Waals surface area contributed by atoms with Crippen molar-refractivity contribution in [2.45, 2.75) is 0 Å². The molecule has 10 aromatic carbocycles. The largest absolute Gasteiger partial charge is 0.243 e. The minimum absolute atomic E-state index is 0.170. The van der Waals surface area contributed by atoms with E-state index in [1.807, 2.05) is 0 Å². The fraction of sp³-hybridized carbons (Fsp3) is 0. The fourth-order valence-corrected chi connectivity index (χ4v) is 9.29. The summed E-state index contributed by atoms with van der Waals surface area (Å²) in [5.74, 6) is 0. The lowest BCUT2D eigenvalue weighted by Gasteiger charge is -2.22. The van der Waals surface area contributed by atoms with Gasteiger partial charge in [0.15, 0.2) is 0 Å². The van der Waals surface area contributed by atoms with E-state index in [2.05, 4.69) is 200 Å². The Labute approximate surface area is 310 Å². The van der Waals surface area contributed by atoms with Crippen LogP contribution in [0.2, 0.25) is 0 Å². The van der Waals surface area contributed by atoms with E-state index in [0.29, 0.717) is 0 Å². The fourth-order valence-electron chi connectivity index (χ4n) is 9.29. The van der Waals surface area contributed by atoms with Crippen molar-refractivity contribution in [1.82, 2.24) is 0 Å². The molecule has 0 radical (unpaired) electrons. The molecule has 1 aliphatic rings. The number of benzene rings is 10. The molecule has 0 N–H and O–H groups in total. The molecular formula is C52H33B. The Kier molecular flexibility index (Phi) is 6.75. The molecule has 0 saturated heterocycles. The van der Waals surface area contributed by atoms with Gasteiger partial charge >= 0.3 is 0 Å². The van der Waals surface area contributed by atoms with Crippen LogP contribution in [-0.4, -0.2) is 6.71 Å². The molecule has 0 aromatic heterocycles. The number of hydrogen-bond donors (Lipinski definition) is 0. The summed E-state index contributed by atoms with van der Waals surface area (Å²) in [6.07, 6.45) is 0. The molecule has 53 heavy (non-hydrogen) atoms. The van der Waals surface area contributed by atoms with Crippen molar-refractivity contribution in [3.8, 4) is 55.6 Å². The van der Waals surface area contributed by atoms with Gasteiger partial charge in [0, 0.05) is 0 Å². The summed E-state index contributed by atoms with van der Waals surface area (Å²) in [6, 6.07) is 74.2. The number of rotatable bonds is 5. The van der Waals surface area contributed by atoms with Crippen molar-refractivity contribution >= 4 is 55.4 Å². The molecule has 0 aliphatic carbocycles. The second-order valence-electron chi connectivity index (χ2n) is 14.3. The lowest BCUT2D eigenvalue weighted by Crippen LogP contribution is -2.49. The van der Waals surface area contributed by atoms with Gasteiger partial charge < -0.3 is 0 Å². The molecule has 0 amide bonds. The lowest BCUT2D eigenvalue weighted by molar-refractivity contribution is 1.58. The van der Waals surface area contributed by atoms with Gasteiger partial charge in [0.25, 0.3) is 0 Å². The zero-order valence-corrected chi connectivity index (χ0v) is 29.1. The molecule has 0 nitrogen and oxygen atoms in total. The van der Waals surface area contributed by atoms with Crippen molar-refractivity contribution < 1.29 is 0 Å². The standard InChI is InChI=1S/C52H33B/c1-4-16-34(17-5-1)38-22-10-12-24-40(38)46-33-47(41-25-13-11-23-39(41)35-18-6-2-7-19-35)44-30-31-45-50-36(28-29-43(46)51(44)50)32-48-42-26-14-15-27-49(42)53(52(45)48)37-20-8-3-9-21-37/h1-33H. The van der Waals surface area contributed by atoms with E-state index in [-0.39, 0.29) is 6.71 Å². The summed E-state index contributed by atoms with van der Waals surface area (Å²) in [5.41, 5.74) is 16.8. The molecule has 11 rings (SSSR count). The average Bonchev–Trinajstić information content (AvgIpc) is 3.57. The van der Waals surface area contributed by atoms with E-state index < -0.39 is 0 Å². The summed E-state index contributed by atoms with van der Waals surface area (Å²) >= 11 is 0. The Morgan fingerprint density at radius 1 is 0.283 bits per heavy atom. The molecule has 1 heteroatoms. The summed E-state index contributed by atoms with van der Waals surface area (Å²) < 4.78 is 0. The van der Waals surface area contributed by atoms with Gasteiger partial charge in [0.1, 0.15) is 0 Å². The molecule has 244 valence electrons. The molecule has 0 bridgehead atoms. The van der Waals surface area contributed by atoms with Crippen LogP contribution < -0.4 is 16.4 Å². The maximum atomic E-state index is 2.47. The Morgan fingerprint density at radius 2 is 0.755 bits per heavy atom. The third-order valence-corrected chi connectivity index (χ3v) is 11.5. The molecular weight excluding hydrogens is 635 g/mol. The first-order chi connectivity index (χ1) is 26.3. The maximum Gasteiger partial charge on any atom is 0.243 e. The number of hydrogen-bond acceptors (Lipinski definition) is 0. The van der Waals surface area contributed by atoms with Gasteiger partial charge in [-0.05, 0) is 100 Å². The van der Waals surface area contributed by atoms with Crippen LogP contribution in [0.4, 0.5) is 0 Å². The van der Waals surface area contributed by atoms with Crippen molar-refractivity contribution in [3.63, 3.8) is 0 Å². The monoisotopic (exact) mass is 668 g/mol. The van der Waals surface area contributed by atoms with Gasteiger partial charge in [-0.15, -0.1) is 0 Å². The summed E-state index contributed by atoms with van der Waals surface area (Å²) in [4.78, 5) is 0. The van der Waals surface area contributed by atoms with Gasteiger partial charge in [0.05, 0.1) is 0 Å². The first-order valence-corrected chi connectivity index (χ1v) is 18.6. The van der Waals surface area contributed by atoms with E-state index in [1.54, 1.807) is 0 Å². The first kappa shape index (κ1) is 30.0. The normalized spacial score (nSPS) is 12.1. The molecule has 10 aromatic rings. The van der Waals surface area contributed by atoms with E-state index in [4.69, 9.17) is 0 Å². The highest BCUT2D eigenvalue weighted by Gasteiger charge is 2.35. The van der Waals surface area contributed by atoms with Crippen LogP contribution in [0.3, 0.4) is 0 Å².